The molecule has 0 aromatic heterocycles. The van der Waals surface area contributed by atoms with Crippen molar-refractivity contribution in [2.24, 2.45) is 17.3 Å². The first-order valence-electron chi connectivity index (χ1n) is 24.5. The number of aliphatic hydroxyl groups is 1. The minimum absolute atomic E-state index is 0.0187. The summed E-state index contributed by atoms with van der Waals surface area (Å²) in [7, 11) is 0. The Morgan fingerprint density at radius 1 is 0.953 bits per heavy atom. The number of rotatable bonds is 20. The zero-order chi connectivity index (χ0) is 46.3. The molecule has 12 heteroatoms. The second-order valence-corrected chi connectivity index (χ2v) is 21.1. The zero-order valence-electron chi connectivity index (χ0n) is 40.1. The number of epoxide rings is 1. The Hall–Kier alpha value is -3.58. The molecule has 2 aliphatic heterocycles. The van der Waals surface area contributed by atoms with E-state index < -0.39 is 47.7 Å². The molecule has 1 aromatic rings. The van der Waals surface area contributed by atoms with Crippen molar-refractivity contribution in [1.82, 2.24) is 10.6 Å². The predicted molar refractivity (Wildman–Crippen MR) is 246 cm³/mol. The molecule has 1 unspecified atom stereocenters. The highest BCUT2D eigenvalue weighted by Gasteiger charge is 2.56. The zero-order valence-corrected chi connectivity index (χ0v) is 40.1. The smallest absolute Gasteiger partial charge is 0.339 e. The van der Waals surface area contributed by atoms with Crippen molar-refractivity contribution in [2.75, 3.05) is 13.2 Å². The number of carbonyl (C=O) groups is 4. The van der Waals surface area contributed by atoms with Crippen LogP contribution in [-0.4, -0.2) is 89.5 Å². The molecule has 64 heavy (non-hydrogen) atoms. The van der Waals surface area contributed by atoms with Gasteiger partial charge < -0.3 is 39.4 Å². The van der Waals surface area contributed by atoms with Crippen molar-refractivity contribution in [3.63, 3.8) is 0 Å². The van der Waals surface area contributed by atoms with Crippen LogP contribution in [-0.2, 0) is 38.1 Å². The molecule has 6 rings (SSSR count). The van der Waals surface area contributed by atoms with Gasteiger partial charge in [-0.25, -0.2) is 4.79 Å². The number of fused-ring (bicyclic) bond motifs is 3. The molecule has 2 saturated heterocycles. The van der Waals surface area contributed by atoms with Crippen LogP contribution in [0.25, 0.3) is 6.08 Å². The molecular weight excluding hydrogens is 813 g/mol. The third-order valence-electron chi connectivity index (χ3n) is 14.3. The summed E-state index contributed by atoms with van der Waals surface area (Å²) >= 11 is 0. The van der Waals surface area contributed by atoms with Gasteiger partial charge in [0.05, 0.1) is 29.9 Å². The van der Waals surface area contributed by atoms with Crippen LogP contribution >= 0.6 is 0 Å². The van der Waals surface area contributed by atoms with E-state index in [1.54, 1.807) is 20.8 Å². The Morgan fingerprint density at radius 2 is 1.67 bits per heavy atom. The summed E-state index contributed by atoms with van der Waals surface area (Å²) in [6.07, 6.45) is 15.3. The Balaban J connectivity index is 1.17. The van der Waals surface area contributed by atoms with E-state index >= 15 is 0 Å². The minimum Gasteiger partial charge on any atom is -0.460 e. The first kappa shape index (κ1) is 49.8. The highest BCUT2D eigenvalue weighted by Crippen LogP contribution is 2.60. The molecule has 2 saturated carbocycles. The number of nitrogens with one attached hydrogen (secondary N) is 2. The molecular formula is C52H78N2O10. The van der Waals surface area contributed by atoms with Crippen molar-refractivity contribution in [1.29, 1.82) is 0 Å². The molecule has 2 heterocycles. The highest BCUT2D eigenvalue weighted by atomic mass is 16.8. The normalized spacial score (nSPS) is 29.0. The fourth-order valence-electron chi connectivity index (χ4n) is 10.6. The first-order valence-corrected chi connectivity index (χ1v) is 24.5. The van der Waals surface area contributed by atoms with E-state index in [9.17, 15) is 24.3 Å². The molecule has 5 aliphatic rings. The molecule has 4 fully saturated rings. The second-order valence-electron chi connectivity index (χ2n) is 21.1. The predicted octanol–water partition coefficient (Wildman–Crippen LogP) is 9.07. The van der Waals surface area contributed by atoms with Gasteiger partial charge in [0.2, 0.25) is 11.8 Å². The van der Waals surface area contributed by atoms with Gasteiger partial charge in [0.15, 0.2) is 5.79 Å². The molecule has 3 aliphatic carbocycles. The highest BCUT2D eigenvalue weighted by molar-refractivity contribution is 5.95. The third kappa shape index (κ3) is 12.9. The number of esters is 2. The quantitative estimate of drug-likeness (QED) is 0.0655. The number of carbonyl (C=O) groups excluding carboxylic acids is 4. The summed E-state index contributed by atoms with van der Waals surface area (Å²) in [6.45, 7) is 16.4. The summed E-state index contributed by atoms with van der Waals surface area (Å²) in [5.74, 6) is -1.46. The fraction of sp³-hybridized carbons (Fsp3) is 0.731. The molecule has 12 nitrogen and oxygen atoms in total. The summed E-state index contributed by atoms with van der Waals surface area (Å²) in [6, 6.07) is 7.02. The van der Waals surface area contributed by atoms with E-state index in [0.717, 1.165) is 76.2 Å². The average Bonchev–Trinajstić information content (AvgIpc) is 3.71. The lowest BCUT2D eigenvalue weighted by Crippen LogP contribution is -2.45. The lowest BCUT2D eigenvalue weighted by atomic mass is 9.52. The number of aliphatic hydroxyl groups excluding tert-OH is 1. The summed E-state index contributed by atoms with van der Waals surface area (Å²) in [4.78, 5) is 53.4. The maximum atomic E-state index is 14.5. The van der Waals surface area contributed by atoms with Crippen LogP contribution in [0.2, 0.25) is 0 Å². The van der Waals surface area contributed by atoms with Crippen LogP contribution in [0.15, 0.2) is 41.5 Å². The topological polar surface area (TPSA) is 162 Å². The number of allylic oxidation sites excluding steroid dienone is 1. The second kappa shape index (κ2) is 21.4. The van der Waals surface area contributed by atoms with Gasteiger partial charge in [-0.3, -0.25) is 14.4 Å². The number of ether oxygens (including phenoxy) is 5. The maximum Gasteiger partial charge on any atom is 0.339 e. The van der Waals surface area contributed by atoms with Gasteiger partial charge in [-0.2, -0.15) is 0 Å². The van der Waals surface area contributed by atoms with E-state index in [-0.39, 0.29) is 67.8 Å². The number of hydrogen-bond donors (Lipinski definition) is 3. The van der Waals surface area contributed by atoms with Crippen LogP contribution in [0.4, 0.5) is 0 Å². The Kier molecular flexibility index (Phi) is 16.6. The molecule has 0 bridgehead atoms. The molecule has 0 radical (unpaired) electrons. The van der Waals surface area contributed by atoms with Gasteiger partial charge in [-0.05, 0) is 114 Å². The largest absolute Gasteiger partial charge is 0.460 e. The molecule has 2 amide bonds. The first-order chi connectivity index (χ1) is 30.4. The van der Waals surface area contributed by atoms with Crippen LogP contribution in [0.1, 0.15) is 180 Å². The Morgan fingerprint density at radius 3 is 2.34 bits per heavy atom. The van der Waals surface area contributed by atoms with Crippen LogP contribution in [0.3, 0.4) is 0 Å². The van der Waals surface area contributed by atoms with E-state index in [1.807, 2.05) is 30.3 Å². The minimum atomic E-state index is -0.856. The number of benzene rings is 1. The average molecular weight is 891 g/mol. The number of hydrogen-bond acceptors (Lipinski definition) is 10. The van der Waals surface area contributed by atoms with E-state index in [1.165, 1.54) is 5.57 Å². The van der Waals surface area contributed by atoms with E-state index in [4.69, 9.17) is 23.7 Å². The third-order valence-corrected chi connectivity index (χ3v) is 14.3. The van der Waals surface area contributed by atoms with Crippen molar-refractivity contribution >= 4 is 29.8 Å². The molecule has 1 aromatic carbocycles. The summed E-state index contributed by atoms with van der Waals surface area (Å²) in [5, 5.41) is 15.5. The Labute approximate surface area is 382 Å². The standard InChI is InChI=1S/C52H78N2O10/c1-9-11-15-25-52(26-16-12-10-2)61-42-31-36(47(58)53-28-24-44(56)54-37(33-55)20-22-45(57)63-49(3,4)5)30-41(46(42)64-52)60-48(59)38-18-14-13-17-34(38)29-35-19-21-43-51(8,62-43)27-23-40-39(35)32-50(40,6)7/h13-14,17-18,29,31,37,39-43,46,55H,9-12,15-16,19-28,30,32-33H2,1-8H3,(H,53,58)(H,54,56)/t37-,39+,40+,41+,42+,43?,46-,51+/m0/s1. The summed E-state index contributed by atoms with van der Waals surface area (Å²) in [5.41, 5.74) is 2.69. The van der Waals surface area contributed by atoms with Crippen molar-refractivity contribution in [2.45, 2.75) is 212 Å². The maximum absolute atomic E-state index is 14.5. The van der Waals surface area contributed by atoms with Crippen molar-refractivity contribution in [3.8, 4) is 0 Å². The number of amides is 2. The van der Waals surface area contributed by atoms with Gasteiger partial charge in [-0.1, -0.05) is 83.2 Å². The van der Waals surface area contributed by atoms with Crippen molar-refractivity contribution in [3.05, 3.63) is 52.6 Å². The lowest BCUT2D eigenvalue weighted by Gasteiger charge is -2.53. The molecule has 0 spiro atoms. The molecule has 356 valence electrons. The van der Waals surface area contributed by atoms with E-state index in [2.05, 4.69) is 51.3 Å². The van der Waals surface area contributed by atoms with Crippen molar-refractivity contribution < 1.29 is 48.0 Å². The summed E-state index contributed by atoms with van der Waals surface area (Å²) < 4.78 is 31.8. The lowest BCUT2D eigenvalue weighted by molar-refractivity contribution is -0.190. The van der Waals surface area contributed by atoms with E-state index in [0.29, 0.717) is 35.8 Å². The molecule has 8 atom stereocenters. The van der Waals surface area contributed by atoms with Crippen LogP contribution in [0, 0.1) is 17.3 Å². The van der Waals surface area contributed by atoms with Gasteiger partial charge in [0.1, 0.15) is 23.9 Å². The Bertz CT molecular complexity index is 1860. The fourth-order valence-corrected chi connectivity index (χ4v) is 10.6. The number of unbranched alkanes of at least 4 members (excludes halogenated alkanes) is 4. The SMILES string of the molecule is CCCCCC1(CCCCC)O[C@@H]2[C@@H](C=C(C(=O)NCCC(=O)N[C@H](CO)CCC(=O)OC(C)(C)C)C[C@H]2OC(=O)c2ccccc2C=C2CCC3O[C@]3(C)CC[C@@H]3[C@@H]2CC3(C)C)O1. The van der Waals surface area contributed by atoms with Gasteiger partial charge >= 0.3 is 11.9 Å². The van der Waals surface area contributed by atoms with Gasteiger partial charge in [0.25, 0.3) is 0 Å². The molecule has 3 N–H and O–H groups in total. The van der Waals surface area contributed by atoms with Gasteiger partial charge in [0, 0.05) is 44.2 Å². The van der Waals surface area contributed by atoms with Gasteiger partial charge in [-0.15, -0.1) is 0 Å². The van der Waals surface area contributed by atoms with Crippen LogP contribution in [0.5, 0.6) is 0 Å². The van der Waals surface area contributed by atoms with Crippen LogP contribution < -0.4 is 10.6 Å². The monoisotopic (exact) mass is 891 g/mol.